The van der Waals surface area contributed by atoms with Crippen LogP contribution < -0.4 is 5.32 Å². The van der Waals surface area contributed by atoms with Crippen molar-refractivity contribution in [1.82, 2.24) is 0 Å². The van der Waals surface area contributed by atoms with Gasteiger partial charge in [-0.15, -0.1) is 0 Å². The molecule has 0 aromatic heterocycles. The van der Waals surface area contributed by atoms with Gasteiger partial charge in [-0.25, -0.2) is 4.79 Å². The normalized spacial score (nSPS) is 10.5. The molecule has 0 heterocycles. The molecule has 2 aromatic rings. The summed E-state index contributed by atoms with van der Waals surface area (Å²) in [6, 6.07) is 14.4. The van der Waals surface area contributed by atoms with Crippen molar-refractivity contribution >= 4 is 35.2 Å². The second-order valence-corrected chi connectivity index (χ2v) is 5.30. The lowest BCUT2D eigenvalue weighted by atomic mass is 10.2. The highest BCUT2D eigenvalue weighted by atomic mass is 35.5. The van der Waals surface area contributed by atoms with Crippen molar-refractivity contribution in [2.45, 2.75) is 6.92 Å². The van der Waals surface area contributed by atoms with Crippen LogP contribution in [0, 0.1) is 6.92 Å². The molecule has 23 heavy (non-hydrogen) atoms. The van der Waals surface area contributed by atoms with Crippen molar-refractivity contribution in [3.05, 3.63) is 70.8 Å². The molecule has 0 aliphatic rings. The molecule has 1 amide bonds. The first-order valence-electron chi connectivity index (χ1n) is 7.00. The average molecular weight is 330 g/mol. The number of aryl methyl sites for hydroxylation is 1. The molecule has 0 saturated carbocycles. The Hall–Kier alpha value is -2.59. The van der Waals surface area contributed by atoms with Gasteiger partial charge in [-0.05, 0) is 42.3 Å². The maximum Gasteiger partial charge on any atom is 0.331 e. The van der Waals surface area contributed by atoms with E-state index < -0.39 is 5.97 Å². The Balaban J connectivity index is 1.82. The minimum absolute atomic E-state index is 0.340. The minimum Gasteiger partial charge on any atom is -0.452 e. The van der Waals surface area contributed by atoms with Crippen LogP contribution in [-0.2, 0) is 14.3 Å². The van der Waals surface area contributed by atoms with Crippen molar-refractivity contribution in [2.24, 2.45) is 0 Å². The summed E-state index contributed by atoms with van der Waals surface area (Å²) in [6.07, 6.45) is 2.83. The predicted octanol–water partition coefficient (Wildman–Crippen LogP) is 3.84. The molecular formula is C18H16ClNO3. The molecule has 1 N–H and O–H groups in total. The maximum absolute atomic E-state index is 11.8. The van der Waals surface area contributed by atoms with Crippen LogP contribution in [0.4, 0.5) is 5.69 Å². The number of anilines is 1. The third-order valence-electron chi connectivity index (χ3n) is 3.03. The molecule has 0 bridgehead atoms. The molecule has 2 rings (SSSR count). The number of esters is 1. The number of rotatable bonds is 5. The third kappa shape index (κ3) is 5.60. The number of benzene rings is 2. The zero-order valence-corrected chi connectivity index (χ0v) is 13.3. The molecule has 5 heteroatoms. The molecule has 0 atom stereocenters. The Morgan fingerprint density at radius 2 is 1.96 bits per heavy atom. The van der Waals surface area contributed by atoms with Crippen LogP contribution in [0.2, 0.25) is 5.02 Å². The molecule has 0 saturated heterocycles. The number of hydrogen-bond donors (Lipinski definition) is 1. The van der Waals surface area contributed by atoms with E-state index in [0.29, 0.717) is 10.7 Å². The van der Waals surface area contributed by atoms with E-state index in [9.17, 15) is 9.59 Å². The number of amides is 1. The van der Waals surface area contributed by atoms with Crippen LogP contribution in [0.15, 0.2) is 54.6 Å². The van der Waals surface area contributed by atoms with E-state index in [1.165, 1.54) is 6.08 Å². The highest BCUT2D eigenvalue weighted by Gasteiger charge is 2.06. The van der Waals surface area contributed by atoms with Crippen molar-refractivity contribution < 1.29 is 14.3 Å². The summed E-state index contributed by atoms with van der Waals surface area (Å²) < 4.78 is 4.90. The Morgan fingerprint density at radius 1 is 1.17 bits per heavy atom. The van der Waals surface area contributed by atoms with Crippen LogP contribution in [0.1, 0.15) is 11.1 Å². The zero-order valence-electron chi connectivity index (χ0n) is 12.6. The molecule has 0 aliphatic carbocycles. The lowest BCUT2D eigenvalue weighted by molar-refractivity contribution is -0.142. The molecule has 0 radical (unpaired) electrons. The molecule has 118 valence electrons. The number of ether oxygens (including phenoxy) is 1. The summed E-state index contributed by atoms with van der Waals surface area (Å²) in [7, 11) is 0. The lowest BCUT2D eigenvalue weighted by Gasteiger charge is -2.07. The number of carbonyl (C=O) groups excluding carboxylic acids is 2. The summed E-state index contributed by atoms with van der Waals surface area (Å²) in [6.45, 7) is 1.54. The first-order valence-corrected chi connectivity index (χ1v) is 7.38. The van der Waals surface area contributed by atoms with Gasteiger partial charge in [0, 0.05) is 16.8 Å². The largest absolute Gasteiger partial charge is 0.452 e. The van der Waals surface area contributed by atoms with E-state index in [4.69, 9.17) is 16.3 Å². The average Bonchev–Trinajstić information content (AvgIpc) is 2.53. The Morgan fingerprint density at radius 3 is 2.70 bits per heavy atom. The van der Waals surface area contributed by atoms with Crippen LogP contribution in [0.25, 0.3) is 6.08 Å². The van der Waals surface area contributed by atoms with Crippen molar-refractivity contribution in [1.29, 1.82) is 0 Å². The monoisotopic (exact) mass is 329 g/mol. The van der Waals surface area contributed by atoms with Gasteiger partial charge in [0.15, 0.2) is 6.61 Å². The second kappa shape index (κ2) is 8.15. The van der Waals surface area contributed by atoms with Gasteiger partial charge in [-0.2, -0.15) is 0 Å². The number of nitrogens with one attached hydrogen (secondary N) is 1. The molecule has 0 unspecified atom stereocenters. The topological polar surface area (TPSA) is 55.4 Å². The van der Waals surface area contributed by atoms with E-state index in [1.54, 1.807) is 36.4 Å². The van der Waals surface area contributed by atoms with Gasteiger partial charge in [-0.1, -0.05) is 41.9 Å². The molecule has 0 fully saturated rings. The standard InChI is InChI=1S/C18H16ClNO3/c1-13-5-2-3-8-16(13)20-17(21)12-23-18(22)10-9-14-6-4-7-15(19)11-14/h2-11H,12H2,1H3,(H,20,21)/b10-9+. The summed E-state index contributed by atoms with van der Waals surface area (Å²) in [5.41, 5.74) is 2.41. The van der Waals surface area contributed by atoms with E-state index >= 15 is 0 Å². The second-order valence-electron chi connectivity index (χ2n) is 4.86. The molecule has 0 aliphatic heterocycles. The van der Waals surface area contributed by atoms with Gasteiger partial charge >= 0.3 is 5.97 Å². The number of hydrogen-bond acceptors (Lipinski definition) is 3. The fourth-order valence-electron chi connectivity index (χ4n) is 1.86. The summed E-state index contributed by atoms with van der Waals surface area (Å²) in [5.74, 6) is -0.978. The third-order valence-corrected chi connectivity index (χ3v) is 3.26. The van der Waals surface area contributed by atoms with E-state index in [2.05, 4.69) is 5.32 Å². The van der Waals surface area contributed by atoms with Crippen molar-refractivity contribution in [3.8, 4) is 0 Å². The maximum atomic E-state index is 11.8. The molecule has 4 nitrogen and oxygen atoms in total. The van der Waals surface area contributed by atoms with Crippen molar-refractivity contribution in [2.75, 3.05) is 11.9 Å². The van der Waals surface area contributed by atoms with Crippen LogP contribution >= 0.6 is 11.6 Å². The minimum atomic E-state index is -0.593. The zero-order chi connectivity index (χ0) is 16.7. The lowest BCUT2D eigenvalue weighted by Crippen LogP contribution is -2.20. The smallest absolute Gasteiger partial charge is 0.331 e. The fourth-order valence-corrected chi connectivity index (χ4v) is 2.06. The van der Waals surface area contributed by atoms with Crippen LogP contribution in [0.5, 0.6) is 0 Å². The molecule has 2 aromatic carbocycles. The van der Waals surface area contributed by atoms with Crippen LogP contribution in [0.3, 0.4) is 0 Å². The summed E-state index contributed by atoms with van der Waals surface area (Å²) in [5, 5.41) is 3.27. The first kappa shape index (κ1) is 16.8. The molecular weight excluding hydrogens is 314 g/mol. The van der Waals surface area contributed by atoms with Gasteiger partial charge in [0.1, 0.15) is 0 Å². The number of para-hydroxylation sites is 1. The summed E-state index contributed by atoms with van der Waals surface area (Å²) in [4.78, 5) is 23.4. The van der Waals surface area contributed by atoms with Gasteiger partial charge < -0.3 is 10.1 Å². The van der Waals surface area contributed by atoms with Gasteiger partial charge in [0.25, 0.3) is 5.91 Å². The van der Waals surface area contributed by atoms with Gasteiger partial charge in [-0.3, -0.25) is 4.79 Å². The van der Waals surface area contributed by atoms with Crippen molar-refractivity contribution in [3.63, 3.8) is 0 Å². The Kier molecular flexibility index (Phi) is 5.94. The summed E-state index contributed by atoms with van der Waals surface area (Å²) >= 11 is 5.85. The first-order chi connectivity index (χ1) is 11.0. The highest BCUT2D eigenvalue weighted by molar-refractivity contribution is 6.30. The highest BCUT2D eigenvalue weighted by Crippen LogP contribution is 2.13. The van der Waals surface area contributed by atoms with Gasteiger partial charge in [0.2, 0.25) is 0 Å². The predicted molar refractivity (Wildman–Crippen MR) is 91.3 cm³/mol. The van der Waals surface area contributed by atoms with E-state index in [0.717, 1.165) is 11.1 Å². The molecule has 0 spiro atoms. The number of halogens is 1. The van der Waals surface area contributed by atoms with E-state index in [-0.39, 0.29) is 12.5 Å². The Bertz CT molecular complexity index is 741. The van der Waals surface area contributed by atoms with Crippen LogP contribution in [-0.4, -0.2) is 18.5 Å². The SMILES string of the molecule is Cc1ccccc1NC(=O)COC(=O)/C=C/c1cccc(Cl)c1. The number of carbonyl (C=O) groups is 2. The van der Waals surface area contributed by atoms with E-state index in [1.807, 2.05) is 25.1 Å². The Labute approximate surface area is 139 Å². The van der Waals surface area contributed by atoms with Gasteiger partial charge in [0.05, 0.1) is 0 Å². The fraction of sp³-hybridized carbons (Fsp3) is 0.111. The quantitative estimate of drug-likeness (QED) is 0.669.